The van der Waals surface area contributed by atoms with Gasteiger partial charge in [0.25, 0.3) is 5.91 Å². The summed E-state index contributed by atoms with van der Waals surface area (Å²) in [5, 5.41) is 42.0. The molecule has 4 aliphatic heterocycles. The molecular formula is C46H58N10O10. The molecule has 7 rings (SSSR count). The summed E-state index contributed by atoms with van der Waals surface area (Å²) in [6, 6.07) is 12.5. The van der Waals surface area contributed by atoms with E-state index < -0.39 is 35.9 Å². The fourth-order valence-electron chi connectivity index (χ4n) is 9.69. The highest BCUT2D eigenvalue weighted by molar-refractivity contribution is 6.07. The van der Waals surface area contributed by atoms with E-state index in [1.807, 2.05) is 20.8 Å². The molecule has 4 atom stereocenters. The summed E-state index contributed by atoms with van der Waals surface area (Å²) in [7, 11) is 0. The largest absolute Gasteiger partial charge is 0.494 e. The number of nitrogens with zero attached hydrogens (tertiary/aromatic N) is 9. The van der Waals surface area contributed by atoms with Gasteiger partial charge in [-0.15, -0.1) is 0 Å². The molecule has 0 bridgehead atoms. The molecule has 4 fully saturated rings. The van der Waals surface area contributed by atoms with Crippen LogP contribution in [0, 0.1) is 23.2 Å². The molecule has 1 aromatic carbocycles. The molecular weight excluding hydrogens is 853 g/mol. The van der Waals surface area contributed by atoms with Gasteiger partial charge in [0.05, 0.1) is 42.5 Å². The molecule has 2 unspecified atom stereocenters. The van der Waals surface area contributed by atoms with Crippen LogP contribution < -0.4 is 10.1 Å². The van der Waals surface area contributed by atoms with Crippen molar-refractivity contribution >= 4 is 46.5 Å². The first-order chi connectivity index (χ1) is 31.8. The molecule has 0 aliphatic carbocycles. The van der Waals surface area contributed by atoms with Crippen molar-refractivity contribution in [3.63, 3.8) is 0 Å². The Bertz CT molecular complexity index is 2290. The van der Waals surface area contributed by atoms with Gasteiger partial charge in [-0.05, 0) is 73.9 Å². The normalized spacial score (nSPS) is 21.3. The number of likely N-dealkylation sites (tertiary alicyclic amines) is 3. The summed E-state index contributed by atoms with van der Waals surface area (Å²) in [6.45, 7) is 6.91. The summed E-state index contributed by atoms with van der Waals surface area (Å²) in [5.41, 5.74) is 1.44. The zero-order valence-electron chi connectivity index (χ0n) is 37.0. The third kappa shape index (κ3) is 12.3. The highest BCUT2D eigenvalue weighted by Gasteiger charge is 2.41. The number of aromatic carboxylic acids is 1. The van der Waals surface area contributed by atoms with Crippen molar-refractivity contribution in [3.8, 4) is 11.8 Å². The van der Waals surface area contributed by atoms with Crippen molar-refractivity contribution in [3.05, 3.63) is 65.6 Å². The Morgan fingerprint density at radius 1 is 0.864 bits per heavy atom. The summed E-state index contributed by atoms with van der Waals surface area (Å²) in [6.07, 6.45) is 3.89. The highest BCUT2D eigenvalue weighted by Crippen LogP contribution is 2.32. The zero-order chi connectivity index (χ0) is 46.7. The average Bonchev–Trinajstić information content (AvgIpc) is 4.05. The number of carboxylic acids is 3. The van der Waals surface area contributed by atoms with Crippen LogP contribution in [0.4, 0.5) is 0 Å². The van der Waals surface area contributed by atoms with Crippen LogP contribution in [-0.4, -0.2) is 201 Å². The zero-order valence-corrected chi connectivity index (χ0v) is 37.0. The summed E-state index contributed by atoms with van der Waals surface area (Å²) >= 11 is 0. The number of rotatable bonds is 18. The molecule has 0 saturated carbocycles. The fourth-order valence-corrected chi connectivity index (χ4v) is 9.69. The van der Waals surface area contributed by atoms with E-state index in [1.165, 1.54) is 11.0 Å². The molecule has 0 spiro atoms. The molecule has 66 heavy (non-hydrogen) atoms. The minimum atomic E-state index is -1.14. The second-order valence-corrected chi connectivity index (χ2v) is 17.6. The van der Waals surface area contributed by atoms with Crippen LogP contribution in [0.3, 0.4) is 0 Å². The first-order valence-corrected chi connectivity index (χ1v) is 22.7. The number of hydrogen-bond donors (Lipinski definition) is 4. The van der Waals surface area contributed by atoms with Gasteiger partial charge in [0.15, 0.2) is 0 Å². The molecule has 3 aromatic rings. The number of nitrogens with one attached hydrogen (secondary N) is 1. The van der Waals surface area contributed by atoms with Crippen LogP contribution >= 0.6 is 0 Å². The van der Waals surface area contributed by atoms with Crippen LogP contribution in [0.2, 0.25) is 0 Å². The summed E-state index contributed by atoms with van der Waals surface area (Å²) in [4.78, 5) is 95.3. The first-order valence-electron chi connectivity index (χ1n) is 22.7. The summed E-state index contributed by atoms with van der Waals surface area (Å²) < 4.78 is 6.10. The van der Waals surface area contributed by atoms with Crippen molar-refractivity contribution in [2.75, 3.05) is 98.2 Å². The Morgan fingerprint density at radius 3 is 2.33 bits per heavy atom. The molecule has 0 radical (unpaired) electrons. The highest BCUT2D eigenvalue weighted by atomic mass is 16.5. The lowest BCUT2D eigenvalue weighted by Gasteiger charge is -2.31. The number of nitriles is 1. The minimum Gasteiger partial charge on any atom is -0.494 e. The number of ether oxygens (including phenoxy) is 1. The third-order valence-electron chi connectivity index (χ3n) is 13.1. The predicted molar refractivity (Wildman–Crippen MR) is 237 cm³/mol. The van der Waals surface area contributed by atoms with Crippen LogP contribution in [0.25, 0.3) is 10.9 Å². The van der Waals surface area contributed by atoms with Crippen LogP contribution in [-0.2, 0) is 25.7 Å². The second-order valence-electron chi connectivity index (χ2n) is 17.6. The van der Waals surface area contributed by atoms with Crippen LogP contribution in [0.5, 0.6) is 5.75 Å². The topological polar surface area (TPSA) is 253 Å². The average molecular weight is 911 g/mol. The Morgan fingerprint density at radius 2 is 1.61 bits per heavy atom. The van der Waals surface area contributed by atoms with Gasteiger partial charge >= 0.3 is 17.9 Å². The number of aliphatic carboxylic acids is 2. The fraction of sp³-hybridized carbons (Fsp3) is 0.543. The van der Waals surface area contributed by atoms with E-state index in [4.69, 9.17) is 4.74 Å². The maximum Gasteiger partial charge on any atom is 0.354 e. The molecule has 20 nitrogen and oxygen atoms in total. The maximum atomic E-state index is 13.6. The van der Waals surface area contributed by atoms with Gasteiger partial charge in [0.2, 0.25) is 11.8 Å². The summed E-state index contributed by atoms with van der Waals surface area (Å²) in [5.74, 6) is -2.73. The van der Waals surface area contributed by atoms with Gasteiger partial charge in [0, 0.05) is 103 Å². The standard InChI is InChI=1S/C46H58N10O10/c47-23-34-5-2-14-56(34)42(58)24-49-44(61)36-11-12-48-38-8-7-35(22-37(36)38)66-21-3-13-53-25-31-27-55(28-32(31)26-53)41(57)10-9-40(46(64)65)54-19-17-51(15-16-52(18-20-54)30-43(59)60)29-33-4-1-6-39(50-33)45(62)63/h1,4,6-8,11-12,22,31-32,34,40H,2-3,5,9-10,13-21,24-30H2,(H,49,61)(H,59,60)(H,62,63)(H,64,65)/t31?,32?,34-,40+/m0/s1. The van der Waals surface area contributed by atoms with E-state index >= 15 is 0 Å². The van der Waals surface area contributed by atoms with Crippen molar-refractivity contribution in [1.82, 2.24) is 44.7 Å². The molecule has 6 heterocycles. The molecule has 352 valence electrons. The van der Waals surface area contributed by atoms with E-state index in [1.54, 1.807) is 41.4 Å². The van der Waals surface area contributed by atoms with Crippen molar-refractivity contribution in [1.29, 1.82) is 5.26 Å². The molecule has 3 amide bonds. The minimum absolute atomic E-state index is 0.0710. The lowest BCUT2D eigenvalue weighted by atomic mass is 10.0. The Kier molecular flexibility index (Phi) is 16.1. The Balaban J connectivity index is 0.854. The van der Waals surface area contributed by atoms with E-state index in [2.05, 4.69) is 26.3 Å². The van der Waals surface area contributed by atoms with E-state index in [-0.39, 0.29) is 43.4 Å². The van der Waals surface area contributed by atoms with Gasteiger partial charge < -0.3 is 40.1 Å². The van der Waals surface area contributed by atoms with Gasteiger partial charge in [-0.1, -0.05) is 6.07 Å². The molecule has 4 N–H and O–H groups in total. The quantitative estimate of drug-likeness (QED) is 0.131. The van der Waals surface area contributed by atoms with Gasteiger partial charge in [0.1, 0.15) is 23.5 Å². The van der Waals surface area contributed by atoms with E-state index in [0.29, 0.717) is 118 Å². The van der Waals surface area contributed by atoms with Crippen LogP contribution in [0.15, 0.2) is 48.7 Å². The smallest absolute Gasteiger partial charge is 0.354 e. The SMILES string of the molecule is N#C[C@@H]1CCCN1C(=O)CNC(=O)c1ccnc2ccc(OCCCN3CC4CN(C(=O)CC[C@H](C(=O)O)N5CCN(CC(=O)O)CCN(Cc6cccc(C(=O)O)n6)CC5)CC4C3)cc12. The molecule has 2 aromatic heterocycles. The van der Waals surface area contributed by atoms with E-state index in [9.17, 15) is 49.3 Å². The van der Waals surface area contributed by atoms with E-state index in [0.717, 1.165) is 32.5 Å². The predicted octanol–water partition coefficient (Wildman–Crippen LogP) is 1.17. The Hall–Kier alpha value is -6.27. The third-order valence-corrected chi connectivity index (χ3v) is 13.1. The Labute approximate surface area is 382 Å². The first kappa shape index (κ1) is 47.7. The number of fused-ring (bicyclic) bond motifs is 2. The maximum absolute atomic E-state index is 13.6. The molecule has 4 aliphatic rings. The molecule has 4 saturated heterocycles. The molecule has 20 heteroatoms. The van der Waals surface area contributed by atoms with Crippen molar-refractivity contribution < 1.29 is 48.8 Å². The monoisotopic (exact) mass is 910 g/mol. The number of carbonyl (C=O) groups excluding carboxylic acids is 3. The lowest BCUT2D eigenvalue weighted by molar-refractivity contribution is -0.144. The number of pyridine rings is 2. The van der Waals surface area contributed by atoms with Crippen molar-refractivity contribution in [2.45, 2.75) is 50.7 Å². The van der Waals surface area contributed by atoms with Crippen LogP contribution in [0.1, 0.15) is 58.6 Å². The number of amides is 3. The number of hydrogen-bond acceptors (Lipinski definition) is 14. The number of carboxylic acid groups (broad SMARTS) is 3. The van der Waals surface area contributed by atoms with Gasteiger partial charge in [-0.3, -0.25) is 43.7 Å². The number of benzene rings is 1. The van der Waals surface area contributed by atoms with Gasteiger partial charge in [-0.2, -0.15) is 5.26 Å². The van der Waals surface area contributed by atoms with Gasteiger partial charge in [-0.25, -0.2) is 9.78 Å². The van der Waals surface area contributed by atoms with Crippen molar-refractivity contribution in [2.24, 2.45) is 11.8 Å². The lowest BCUT2D eigenvalue weighted by Crippen LogP contribution is -2.47. The number of carbonyl (C=O) groups is 6. The second kappa shape index (κ2) is 22.3. The number of aromatic nitrogens is 2.